The third-order valence-corrected chi connectivity index (χ3v) is 6.37. The van der Waals surface area contributed by atoms with Gasteiger partial charge in [-0.1, -0.05) is 23.7 Å². The van der Waals surface area contributed by atoms with Gasteiger partial charge in [-0.3, -0.25) is 19.7 Å². The lowest BCUT2D eigenvalue weighted by Crippen LogP contribution is -2.52. The van der Waals surface area contributed by atoms with Gasteiger partial charge in [0.05, 0.1) is 10.7 Å². The second-order valence-electron chi connectivity index (χ2n) is 8.32. The Hall–Kier alpha value is -3.45. The van der Waals surface area contributed by atoms with Gasteiger partial charge >= 0.3 is 0 Å². The summed E-state index contributed by atoms with van der Waals surface area (Å²) in [6.07, 6.45) is 2.51. The van der Waals surface area contributed by atoms with Crippen molar-refractivity contribution in [1.82, 2.24) is 19.8 Å². The zero-order valence-electron chi connectivity index (χ0n) is 17.7. The van der Waals surface area contributed by atoms with E-state index in [1.165, 1.54) is 0 Å². The third kappa shape index (κ3) is 3.39. The van der Waals surface area contributed by atoms with E-state index in [2.05, 4.69) is 5.32 Å². The number of fused-ring (bicyclic) bond motifs is 1. The van der Waals surface area contributed by atoms with Crippen molar-refractivity contribution in [3.63, 3.8) is 0 Å². The van der Waals surface area contributed by atoms with Crippen LogP contribution >= 0.6 is 11.6 Å². The van der Waals surface area contributed by atoms with Gasteiger partial charge in [0.2, 0.25) is 11.8 Å². The first-order valence-electron chi connectivity index (χ1n) is 10.4. The molecule has 7 nitrogen and oxygen atoms in total. The summed E-state index contributed by atoms with van der Waals surface area (Å²) in [5, 5.41) is 2.97. The summed E-state index contributed by atoms with van der Waals surface area (Å²) in [4.78, 5) is 42.9. The number of hydrogen-bond acceptors (Lipinski definition) is 4. The number of amides is 3. The van der Waals surface area contributed by atoms with Crippen molar-refractivity contribution >= 4 is 29.3 Å². The van der Waals surface area contributed by atoms with Crippen LogP contribution in [0.5, 0.6) is 0 Å². The van der Waals surface area contributed by atoms with Crippen molar-refractivity contribution in [2.75, 3.05) is 0 Å². The van der Waals surface area contributed by atoms with Crippen LogP contribution in [0.15, 0.2) is 42.6 Å². The molecular formula is C24H21ClN4O3. The molecule has 1 atom stereocenters. The molecule has 8 heteroatoms. The second-order valence-corrected chi connectivity index (χ2v) is 8.72. The summed E-state index contributed by atoms with van der Waals surface area (Å²) in [5.41, 5.74) is 5.01. The molecule has 1 unspecified atom stereocenters. The molecule has 0 saturated carbocycles. The number of carbonyl (C=O) groups excluding carboxylic acids is 3. The van der Waals surface area contributed by atoms with E-state index in [0.717, 1.165) is 33.8 Å². The lowest BCUT2D eigenvalue weighted by Gasteiger charge is -2.29. The largest absolute Gasteiger partial charge is 0.333 e. The molecule has 2 aliphatic rings. The van der Waals surface area contributed by atoms with Crippen molar-refractivity contribution in [2.45, 2.75) is 32.4 Å². The molecule has 0 aliphatic carbocycles. The zero-order valence-corrected chi connectivity index (χ0v) is 18.4. The number of piperidine rings is 1. The van der Waals surface area contributed by atoms with E-state index in [9.17, 15) is 14.4 Å². The van der Waals surface area contributed by atoms with Crippen molar-refractivity contribution < 1.29 is 14.4 Å². The summed E-state index contributed by atoms with van der Waals surface area (Å²) in [7, 11) is 1.92. The fraction of sp³-hybridized carbons (Fsp3) is 0.250. The Balaban J connectivity index is 1.45. The smallest absolute Gasteiger partial charge is 0.255 e. The number of halogens is 1. The quantitative estimate of drug-likeness (QED) is 0.622. The molecule has 1 saturated heterocycles. The van der Waals surface area contributed by atoms with E-state index in [1.54, 1.807) is 11.0 Å². The number of nitrogens with one attached hydrogen (secondary N) is 1. The van der Waals surface area contributed by atoms with E-state index in [1.807, 2.05) is 55.1 Å². The third-order valence-electron chi connectivity index (χ3n) is 6.06. The Labute approximate surface area is 190 Å². The van der Waals surface area contributed by atoms with E-state index < -0.39 is 11.9 Å². The predicted molar refractivity (Wildman–Crippen MR) is 120 cm³/mol. The Kier molecular flexibility index (Phi) is 4.86. The Morgan fingerprint density at radius 2 is 1.88 bits per heavy atom. The fourth-order valence-corrected chi connectivity index (χ4v) is 4.71. The maximum atomic E-state index is 12.9. The zero-order chi connectivity index (χ0) is 22.6. The van der Waals surface area contributed by atoms with Crippen molar-refractivity contribution in [3.05, 3.63) is 64.3 Å². The van der Waals surface area contributed by atoms with E-state index in [0.29, 0.717) is 23.6 Å². The first kappa shape index (κ1) is 20.5. The van der Waals surface area contributed by atoms with Crippen molar-refractivity contribution in [1.29, 1.82) is 0 Å². The number of rotatable bonds is 3. The van der Waals surface area contributed by atoms with Crippen LogP contribution in [0, 0.1) is 6.92 Å². The predicted octanol–water partition coefficient (Wildman–Crippen LogP) is 3.48. The van der Waals surface area contributed by atoms with Gasteiger partial charge in [0.15, 0.2) is 0 Å². The van der Waals surface area contributed by atoms with Crippen LogP contribution in [0.2, 0.25) is 5.02 Å². The first-order valence-corrected chi connectivity index (χ1v) is 10.8. The van der Waals surface area contributed by atoms with Gasteiger partial charge < -0.3 is 9.47 Å². The number of hydrogen-bond donors (Lipinski definition) is 1. The van der Waals surface area contributed by atoms with E-state index in [4.69, 9.17) is 16.6 Å². The van der Waals surface area contributed by atoms with Crippen LogP contribution < -0.4 is 5.32 Å². The van der Waals surface area contributed by atoms with Gasteiger partial charge in [0.25, 0.3) is 5.91 Å². The van der Waals surface area contributed by atoms with Gasteiger partial charge in [-0.05, 0) is 48.7 Å². The summed E-state index contributed by atoms with van der Waals surface area (Å²) >= 11 is 6.44. The second kappa shape index (κ2) is 7.60. The molecule has 1 N–H and O–H groups in total. The number of benzene rings is 2. The molecule has 1 fully saturated rings. The van der Waals surface area contributed by atoms with Crippen LogP contribution in [0.4, 0.5) is 0 Å². The van der Waals surface area contributed by atoms with Gasteiger partial charge in [-0.2, -0.15) is 0 Å². The number of carbonyl (C=O) groups is 3. The maximum absolute atomic E-state index is 12.9. The first-order chi connectivity index (χ1) is 15.3. The Morgan fingerprint density at radius 3 is 2.62 bits per heavy atom. The minimum Gasteiger partial charge on any atom is -0.333 e. The minimum absolute atomic E-state index is 0.186. The normalized spacial score (nSPS) is 18.2. The van der Waals surface area contributed by atoms with Crippen LogP contribution in [0.25, 0.3) is 22.6 Å². The standard InChI is InChI=1S/C24H21ClN4O3/c1-13-3-5-17(18(25)9-13)22-26-19(12-28(22)2)14-4-6-16-15(10-14)11-29(24(16)32)20-7-8-21(30)27-23(20)31/h3-6,9-10,12,20H,7-8,11H2,1-2H3,(H,27,30,31). The number of aryl methyl sites for hydroxylation is 2. The molecule has 5 rings (SSSR count). The van der Waals surface area contributed by atoms with Gasteiger partial charge in [0.1, 0.15) is 11.9 Å². The molecule has 0 radical (unpaired) electrons. The molecule has 0 bridgehead atoms. The monoisotopic (exact) mass is 448 g/mol. The molecule has 3 aromatic rings. The van der Waals surface area contributed by atoms with Crippen LogP contribution in [-0.4, -0.2) is 38.2 Å². The topological polar surface area (TPSA) is 84.3 Å². The summed E-state index contributed by atoms with van der Waals surface area (Å²) in [6.45, 7) is 2.32. The molecule has 32 heavy (non-hydrogen) atoms. The summed E-state index contributed by atoms with van der Waals surface area (Å²) in [6, 6.07) is 10.8. The number of nitrogens with zero attached hydrogens (tertiary/aromatic N) is 3. The van der Waals surface area contributed by atoms with Crippen LogP contribution in [-0.2, 0) is 23.2 Å². The fourth-order valence-electron chi connectivity index (χ4n) is 4.39. The molecule has 2 aliphatic heterocycles. The number of imide groups is 1. The number of aromatic nitrogens is 2. The number of imidazole rings is 1. The van der Waals surface area contributed by atoms with Crippen molar-refractivity contribution in [2.24, 2.45) is 7.05 Å². The Morgan fingerprint density at radius 1 is 1.09 bits per heavy atom. The van der Waals surface area contributed by atoms with E-state index >= 15 is 0 Å². The molecule has 2 aromatic carbocycles. The molecule has 1 aromatic heterocycles. The SMILES string of the molecule is Cc1ccc(-c2nc(-c3ccc4c(c3)CN(C3CCC(=O)NC3=O)C4=O)cn2C)c(Cl)c1. The lowest BCUT2D eigenvalue weighted by molar-refractivity contribution is -0.136. The highest BCUT2D eigenvalue weighted by molar-refractivity contribution is 6.33. The Bertz CT molecular complexity index is 1300. The summed E-state index contributed by atoms with van der Waals surface area (Å²) < 4.78 is 1.93. The van der Waals surface area contributed by atoms with Gasteiger partial charge in [-0.15, -0.1) is 0 Å². The van der Waals surface area contributed by atoms with Crippen molar-refractivity contribution in [3.8, 4) is 22.6 Å². The molecule has 3 amide bonds. The highest BCUT2D eigenvalue weighted by Crippen LogP contribution is 2.33. The van der Waals surface area contributed by atoms with E-state index in [-0.39, 0.29) is 18.2 Å². The van der Waals surface area contributed by atoms with Gasteiger partial charge in [0, 0.05) is 42.9 Å². The average Bonchev–Trinajstić information content (AvgIpc) is 3.28. The van der Waals surface area contributed by atoms with Crippen LogP contribution in [0.3, 0.4) is 0 Å². The highest BCUT2D eigenvalue weighted by Gasteiger charge is 2.39. The molecular weight excluding hydrogens is 428 g/mol. The summed E-state index contributed by atoms with van der Waals surface area (Å²) in [5.74, 6) is -0.134. The minimum atomic E-state index is -0.624. The van der Waals surface area contributed by atoms with Crippen LogP contribution in [0.1, 0.15) is 34.3 Å². The lowest BCUT2D eigenvalue weighted by atomic mass is 10.0. The molecule has 3 heterocycles. The highest BCUT2D eigenvalue weighted by atomic mass is 35.5. The average molecular weight is 449 g/mol. The van der Waals surface area contributed by atoms with Gasteiger partial charge in [-0.25, -0.2) is 4.98 Å². The molecule has 0 spiro atoms. The maximum Gasteiger partial charge on any atom is 0.255 e. The molecule has 162 valence electrons.